The highest BCUT2D eigenvalue weighted by Crippen LogP contribution is 2.27. The van der Waals surface area contributed by atoms with Crippen LogP contribution in [0.1, 0.15) is 71.1 Å². The minimum absolute atomic E-state index is 0.939. The Morgan fingerprint density at radius 3 is 2.25 bits per heavy atom. The standard InChI is InChI=1S/C15H29N/c1-2-14-9-8-12-16(13-14)15-10-6-4-3-5-7-11-15/h14-15H,2-13H2,1H3. The summed E-state index contributed by atoms with van der Waals surface area (Å²) in [4.78, 5) is 2.84. The third kappa shape index (κ3) is 3.48. The maximum Gasteiger partial charge on any atom is 0.00953 e. The SMILES string of the molecule is CCC1CCCN(C2CCCCCCC2)C1. The van der Waals surface area contributed by atoms with E-state index in [0.717, 1.165) is 12.0 Å². The van der Waals surface area contributed by atoms with Gasteiger partial charge in [0.15, 0.2) is 0 Å². The van der Waals surface area contributed by atoms with Crippen LogP contribution in [0.15, 0.2) is 0 Å². The molecule has 2 rings (SSSR count). The Hall–Kier alpha value is -0.0400. The summed E-state index contributed by atoms with van der Waals surface area (Å²) in [6.07, 6.45) is 14.7. The van der Waals surface area contributed by atoms with Gasteiger partial charge >= 0.3 is 0 Å². The van der Waals surface area contributed by atoms with Gasteiger partial charge in [0.05, 0.1) is 0 Å². The van der Waals surface area contributed by atoms with Crippen LogP contribution in [-0.2, 0) is 0 Å². The predicted octanol–water partition coefficient (Wildman–Crippen LogP) is 4.22. The Bertz CT molecular complexity index is 182. The third-order valence-corrected chi connectivity index (χ3v) is 4.72. The maximum atomic E-state index is 2.84. The molecule has 1 saturated heterocycles. The summed E-state index contributed by atoms with van der Waals surface area (Å²) in [6.45, 7) is 5.16. The normalized spacial score (nSPS) is 30.9. The summed E-state index contributed by atoms with van der Waals surface area (Å²) >= 11 is 0. The fourth-order valence-electron chi connectivity index (χ4n) is 3.56. The average molecular weight is 223 g/mol. The van der Waals surface area contributed by atoms with E-state index < -0.39 is 0 Å². The van der Waals surface area contributed by atoms with Gasteiger partial charge in [0, 0.05) is 12.6 Å². The smallest absolute Gasteiger partial charge is 0.00953 e. The molecule has 1 nitrogen and oxygen atoms in total. The van der Waals surface area contributed by atoms with E-state index in [9.17, 15) is 0 Å². The number of nitrogens with zero attached hydrogens (tertiary/aromatic N) is 1. The Labute approximate surface area is 102 Å². The average Bonchev–Trinajstić information content (AvgIpc) is 2.29. The summed E-state index contributed by atoms with van der Waals surface area (Å²) < 4.78 is 0. The Morgan fingerprint density at radius 1 is 0.875 bits per heavy atom. The molecule has 1 atom stereocenters. The van der Waals surface area contributed by atoms with E-state index in [1.54, 1.807) is 0 Å². The summed E-state index contributed by atoms with van der Waals surface area (Å²) in [6, 6.07) is 0.939. The molecule has 1 unspecified atom stereocenters. The van der Waals surface area contributed by atoms with Crippen molar-refractivity contribution >= 4 is 0 Å². The van der Waals surface area contributed by atoms with Crippen LogP contribution >= 0.6 is 0 Å². The minimum Gasteiger partial charge on any atom is -0.300 e. The zero-order chi connectivity index (χ0) is 11.2. The van der Waals surface area contributed by atoms with Crippen molar-refractivity contribution in [3.05, 3.63) is 0 Å². The highest BCUT2D eigenvalue weighted by atomic mass is 15.2. The van der Waals surface area contributed by atoms with E-state index in [0.29, 0.717) is 0 Å². The van der Waals surface area contributed by atoms with Crippen LogP contribution in [0.25, 0.3) is 0 Å². The fourth-order valence-corrected chi connectivity index (χ4v) is 3.56. The van der Waals surface area contributed by atoms with Gasteiger partial charge in [0.25, 0.3) is 0 Å². The van der Waals surface area contributed by atoms with Crippen molar-refractivity contribution in [1.29, 1.82) is 0 Å². The molecule has 1 heteroatoms. The van der Waals surface area contributed by atoms with E-state index in [1.807, 2.05) is 0 Å². The van der Waals surface area contributed by atoms with Gasteiger partial charge in [-0.2, -0.15) is 0 Å². The molecule has 0 bridgehead atoms. The van der Waals surface area contributed by atoms with Crippen molar-refractivity contribution < 1.29 is 0 Å². The maximum absolute atomic E-state index is 2.84. The van der Waals surface area contributed by atoms with Crippen LogP contribution in [0.4, 0.5) is 0 Å². The van der Waals surface area contributed by atoms with Gasteiger partial charge < -0.3 is 4.90 Å². The molecule has 94 valence electrons. The molecule has 0 spiro atoms. The van der Waals surface area contributed by atoms with E-state index in [4.69, 9.17) is 0 Å². The quantitative estimate of drug-likeness (QED) is 0.677. The summed E-state index contributed by atoms with van der Waals surface area (Å²) in [5.41, 5.74) is 0. The molecule has 0 amide bonds. The Balaban J connectivity index is 1.83. The summed E-state index contributed by atoms with van der Waals surface area (Å²) in [5.74, 6) is 0.999. The van der Waals surface area contributed by atoms with Gasteiger partial charge in [0.1, 0.15) is 0 Å². The molecule has 2 aliphatic rings. The zero-order valence-electron chi connectivity index (χ0n) is 11.1. The second-order valence-electron chi connectivity index (χ2n) is 5.91. The summed E-state index contributed by atoms with van der Waals surface area (Å²) in [5, 5.41) is 0. The molecule has 0 aromatic rings. The number of hydrogen-bond donors (Lipinski definition) is 0. The van der Waals surface area contributed by atoms with Crippen LogP contribution in [-0.4, -0.2) is 24.0 Å². The number of piperidine rings is 1. The van der Waals surface area contributed by atoms with Crippen LogP contribution in [0, 0.1) is 5.92 Å². The topological polar surface area (TPSA) is 3.24 Å². The minimum atomic E-state index is 0.939. The lowest BCUT2D eigenvalue weighted by atomic mass is 9.90. The highest BCUT2D eigenvalue weighted by molar-refractivity contribution is 4.79. The molecule has 0 aromatic heterocycles. The largest absolute Gasteiger partial charge is 0.300 e. The second-order valence-corrected chi connectivity index (χ2v) is 5.91. The van der Waals surface area contributed by atoms with Crippen LogP contribution in [0.5, 0.6) is 0 Å². The van der Waals surface area contributed by atoms with Crippen LogP contribution in [0.3, 0.4) is 0 Å². The first-order valence-electron chi connectivity index (χ1n) is 7.64. The van der Waals surface area contributed by atoms with Crippen molar-refractivity contribution in [2.45, 2.75) is 77.2 Å². The van der Waals surface area contributed by atoms with Gasteiger partial charge in [-0.3, -0.25) is 0 Å². The van der Waals surface area contributed by atoms with Crippen molar-refractivity contribution in [3.63, 3.8) is 0 Å². The molecule has 1 aliphatic heterocycles. The first kappa shape index (κ1) is 12.4. The molecule has 2 fully saturated rings. The van der Waals surface area contributed by atoms with E-state index in [-0.39, 0.29) is 0 Å². The number of hydrogen-bond acceptors (Lipinski definition) is 1. The van der Waals surface area contributed by atoms with Crippen molar-refractivity contribution in [2.75, 3.05) is 13.1 Å². The molecule has 1 saturated carbocycles. The first-order valence-corrected chi connectivity index (χ1v) is 7.64. The number of rotatable bonds is 2. The van der Waals surface area contributed by atoms with Crippen LogP contribution < -0.4 is 0 Å². The molecular formula is C15H29N. The lowest BCUT2D eigenvalue weighted by molar-refractivity contribution is 0.103. The zero-order valence-corrected chi connectivity index (χ0v) is 11.1. The van der Waals surface area contributed by atoms with E-state index >= 15 is 0 Å². The van der Waals surface area contributed by atoms with Gasteiger partial charge in [0.2, 0.25) is 0 Å². The van der Waals surface area contributed by atoms with Crippen molar-refractivity contribution in [3.8, 4) is 0 Å². The monoisotopic (exact) mass is 223 g/mol. The van der Waals surface area contributed by atoms with E-state index in [1.165, 1.54) is 77.3 Å². The lowest BCUT2D eigenvalue weighted by Crippen LogP contribution is -2.42. The Morgan fingerprint density at radius 2 is 1.56 bits per heavy atom. The van der Waals surface area contributed by atoms with Gasteiger partial charge in [-0.1, -0.05) is 45.4 Å². The first-order chi connectivity index (χ1) is 7.90. The number of likely N-dealkylation sites (tertiary alicyclic amines) is 1. The molecule has 0 N–H and O–H groups in total. The fraction of sp³-hybridized carbons (Fsp3) is 1.00. The van der Waals surface area contributed by atoms with Gasteiger partial charge in [-0.05, 0) is 38.1 Å². The molecular weight excluding hydrogens is 194 g/mol. The summed E-state index contributed by atoms with van der Waals surface area (Å²) in [7, 11) is 0. The molecule has 1 aliphatic carbocycles. The highest BCUT2D eigenvalue weighted by Gasteiger charge is 2.24. The van der Waals surface area contributed by atoms with Crippen molar-refractivity contribution in [2.24, 2.45) is 5.92 Å². The van der Waals surface area contributed by atoms with Crippen LogP contribution in [0.2, 0.25) is 0 Å². The van der Waals surface area contributed by atoms with Gasteiger partial charge in [-0.15, -0.1) is 0 Å². The Kier molecular flexibility index (Phi) is 5.15. The lowest BCUT2D eigenvalue weighted by Gasteiger charge is -2.39. The molecule has 16 heavy (non-hydrogen) atoms. The third-order valence-electron chi connectivity index (χ3n) is 4.72. The molecule has 1 heterocycles. The second kappa shape index (κ2) is 6.64. The predicted molar refractivity (Wildman–Crippen MR) is 70.7 cm³/mol. The van der Waals surface area contributed by atoms with Gasteiger partial charge in [-0.25, -0.2) is 0 Å². The van der Waals surface area contributed by atoms with E-state index in [2.05, 4.69) is 11.8 Å². The molecule has 0 radical (unpaired) electrons. The molecule has 0 aromatic carbocycles. The van der Waals surface area contributed by atoms with Crippen molar-refractivity contribution in [1.82, 2.24) is 4.90 Å².